The summed E-state index contributed by atoms with van der Waals surface area (Å²) in [6.45, 7) is 7.08. The fourth-order valence-electron chi connectivity index (χ4n) is 3.12. The lowest BCUT2D eigenvalue weighted by Crippen LogP contribution is -2.42. The Hall–Kier alpha value is -1.85. The smallest absolute Gasteiger partial charge is 0.244 e. The molecule has 1 amide bonds. The van der Waals surface area contributed by atoms with Gasteiger partial charge < -0.3 is 20.1 Å². The fraction of sp³-hybridized carbons (Fsp3) is 0.550. The number of ether oxygens (including phenoxy) is 1. The maximum absolute atomic E-state index is 12.1. The quantitative estimate of drug-likeness (QED) is 0.744. The van der Waals surface area contributed by atoms with Gasteiger partial charge in [-0.1, -0.05) is 25.1 Å². The molecule has 1 fully saturated rings. The standard InChI is InChI=1S/C20H30N2O3/c1-15-8-10-22(11-9-15)14-17(23)13-21-20(24)12-16(2)18-6-4-5-7-19(18)25-3/h4-7,12,15,17,23H,8-11,13-14H2,1-3H3,(H,21,24). The van der Waals surface area contributed by atoms with E-state index >= 15 is 0 Å². The Morgan fingerprint density at radius 2 is 2.08 bits per heavy atom. The number of piperidine rings is 1. The number of benzene rings is 1. The van der Waals surface area contributed by atoms with Crippen LogP contribution in [0.15, 0.2) is 30.3 Å². The Balaban J connectivity index is 1.81. The molecule has 138 valence electrons. The van der Waals surface area contributed by atoms with Crippen molar-refractivity contribution in [2.75, 3.05) is 33.3 Å². The lowest BCUT2D eigenvalue weighted by molar-refractivity contribution is -0.117. The van der Waals surface area contributed by atoms with Gasteiger partial charge in [0.15, 0.2) is 0 Å². The highest BCUT2D eigenvalue weighted by Gasteiger charge is 2.18. The SMILES string of the molecule is COc1ccccc1C(C)=CC(=O)NCC(O)CN1CCC(C)CC1. The Labute approximate surface area is 150 Å². The highest BCUT2D eigenvalue weighted by molar-refractivity contribution is 5.95. The second-order valence-electron chi connectivity index (χ2n) is 6.91. The molecule has 0 spiro atoms. The van der Waals surface area contributed by atoms with E-state index in [1.165, 1.54) is 12.8 Å². The molecule has 1 heterocycles. The predicted molar refractivity (Wildman–Crippen MR) is 100 cm³/mol. The summed E-state index contributed by atoms with van der Waals surface area (Å²) < 4.78 is 5.32. The molecule has 1 unspecified atom stereocenters. The highest BCUT2D eigenvalue weighted by Crippen LogP contribution is 2.24. The number of carbonyl (C=O) groups excluding carboxylic acids is 1. The fourth-order valence-corrected chi connectivity index (χ4v) is 3.12. The zero-order valence-corrected chi connectivity index (χ0v) is 15.5. The zero-order chi connectivity index (χ0) is 18.2. The molecule has 1 atom stereocenters. The second-order valence-corrected chi connectivity index (χ2v) is 6.91. The number of aliphatic hydroxyl groups is 1. The van der Waals surface area contributed by atoms with Crippen LogP contribution in [0.5, 0.6) is 5.75 Å². The van der Waals surface area contributed by atoms with Crippen LogP contribution in [0.3, 0.4) is 0 Å². The minimum atomic E-state index is -0.544. The van der Waals surface area contributed by atoms with Crippen LogP contribution in [0.25, 0.3) is 5.57 Å². The number of β-amino-alcohol motifs (C(OH)–C–C–N with tert-alkyl or cyclic N) is 1. The summed E-state index contributed by atoms with van der Waals surface area (Å²) in [5.41, 5.74) is 1.72. The number of nitrogens with one attached hydrogen (secondary N) is 1. The van der Waals surface area contributed by atoms with Crippen LogP contribution in [-0.4, -0.2) is 55.3 Å². The topological polar surface area (TPSA) is 61.8 Å². The minimum Gasteiger partial charge on any atom is -0.496 e. The van der Waals surface area contributed by atoms with Gasteiger partial charge in [0.1, 0.15) is 5.75 Å². The Kier molecular flexibility index (Phi) is 7.47. The van der Waals surface area contributed by atoms with Crippen LogP contribution < -0.4 is 10.1 Å². The van der Waals surface area contributed by atoms with Crippen molar-refractivity contribution in [1.29, 1.82) is 0 Å². The van der Waals surface area contributed by atoms with Crippen molar-refractivity contribution >= 4 is 11.5 Å². The molecule has 5 heteroatoms. The summed E-state index contributed by atoms with van der Waals surface area (Å²) in [5.74, 6) is 1.31. The van der Waals surface area contributed by atoms with Gasteiger partial charge >= 0.3 is 0 Å². The van der Waals surface area contributed by atoms with Gasteiger partial charge in [0.05, 0.1) is 13.2 Å². The zero-order valence-electron chi connectivity index (χ0n) is 15.5. The van der Waals surface area contributed by atoms with E-state index in [-0.39, 0.29) is 12.5 Å². The number of hydrogen-bond acceptors (Lipinski definition) is 4. The summed E-state index contributed by atoms with van der Waals surface area (Å²) in [6, 6.07) is 7.60. The maximum Gasteiger partial charge on any atom is 0.244 e. The number of nitrogens with zero attached hydrogens (tertiary/aromatic N) is 1. The molecule has 2 rings (SSSR count). The van der Waals surface area contributed by atoms with E-state index in [0.29, 0.717) is 6.54 Å². The predicted octanol–water partition coefficient (Wildman–Crippen LogP) is 2.31. The summed E-state index contributed by atoms with van der Waals surface area (Å²) in [4.78, 5) is 14.4. The van der Waals surface area contributed by atoms with Gasteiger partial charge in [-0.15, -0.1) is 0 Å². The van der Waals surface area contributed by atoms with Gasteiger partial charge in [0, 0.05) is 24.7 Å². The van der Waals surface area contributed by atoms with Gasteiger partial charge in [0.2, 0.25) is 5.91 Å². The molecule has 1 saturated heterocycles. The molecule has 1 aromatic carbocycles. The largest absolute Gasteiger partial charge is 0.496 e. The number of amides is 1. The number of aliphatic hydroxyl groups excluding tert-OH is 1. The number of hydrogen-bond donors (Lipinski definition) is 2. The first-order chi connectivity index (χ1) is 12.0. The Morgan fingerprint density at radius 1 is 1.40 bits per heavy atom. The number of likely N-dealkylation sites (tertiary alicyclic amines) is 1. The van der Waals surface area contributed by atoms with Crippen LogP contribution in [0.1, 0.15) is 32.3 Å². The molecule has 25 heavy (non-hydrogen) atoms. The van der Waals surface area contributed by atoms with Crippen LogP contribution >= 0.6 is 0 Å². The lowest BCUT2D eigenvalue weighted by Gasteiger charge is -2.31. The van der Waals surface area contributed by atoms with E-state index < -0.39 is 6.10 Å². The molecular formula is C20H30N2O3. The van der Waals surface area contributed by atoms with Gasteiger partial charge in [-0.2, -0.15) is 0 Å². The number of rotatable bonds is 7. The first kappa shape index (κ1) is 19.5. The third kappa shape index (κ3) is 6.18. The van der Waals surface area contributed by atoms with Crippen LogP contribution in [0.4, 0.5) is 0 Å². The van der Waals surface area contributed by atoms with Crippen molar-refractivity contribution in [3.8, 4) is 5.75 Å². The first-order valence-electron chi connectivity index (χ1n) is 8.99. The number of para-hydroxylation sites is 1. The molecule has 1 aliphatic heterocycles. The van der Waals surface area contributed by atoms with Gasteiger partial charge in [-0.3, -0.25) is 4.79 Å². The summed E-state index contributed by atoms with van der Waals surface area (Å²) in [5, 5.41) is 12.9. The molecule has 1 aliphatic rings. The van der Waals surface area contributed by atoms with Crippen molar-refractivity contribution in [1.82, 2.24) is 10.2 Å². The van der Waals surface area contributed by atoms with Crippen molar-refractivity contribution in [2.45, 2.75) is 32.8 Å². The number of carbonyl (C=O) groups is 1. The minimum absolute atomic E-state index is 0.199. The Bertz CT molecular complexity index is 592. The van der Waals surface area contributed by atoms with Crippen LogP contribution in [0.2, 0.25) is 0 Å². The van der Waals surface area contributed by atoms with E-state index in [0.717, 1.165) is 35.9 Å². The Morgan fingerprint density at radius 3 is 2.76 bits per heavy atom. The molecule has 5 nitrogen and oxygen atoms in total. The third-order valence-electron chi connectivity index (χ3n) is 4.74. The summed E-state index contributed by atoms with van der Waals surface area (Å²) in [7, 11) is 1.61. The molecule has 1 aromatic rings. The molecule has 0 bridgehead atoms. The normalized spacial score (nSPS) is 18.0. The van der Waals surface area contributed by atoms with E-state index in [1.807, 2.05) is 31.2 Å². The van der Waals surface area contributed by atoms with Gasteiger partial charge in [0.25, 0.3) is 0 Å². The van der Waals surface area contributed by atoms with Crippen molar-refractivity contribution in [3.05, 3.63) is 35.9 Å². The van der Waals surface area contributed by atoms with E-state index in [9.17, 15) is 9.90 Å². The number of allylic oxidation sites excluding steroid dienone is 1. The number of methoxy groups -OCH3 is 1. The van der Waals surface area contributed by atoms with E-state index in [4.69, 9.17) is 4.74 Å². The summed E-state index contributed by atoms with van der Waals surface area (Å²) >= 11 is 0. The summed E-state index contributed by atoms with van der Waals surface area (Å²) in [6.07, 6.45) is 3.37. The average Bonchev–Trinajstić information content (AvgIpc) is 2.62. The van der Waals surface area contributed by atoms with E-state index in [2.05, 4.69) is 17.1 Å². The second kappa shape index (κ2) is 9.59. The van der Waals surface area contributed by atoms with Gasteiger partial charge in [-0.05, 0) is 50.4 Å². The van der Waals surface area contributed by atoms with E-state index in [1.54, 1.807) is 13.2 Å². The van der Waals surface area contributed by atoms with Crippen molar-refractivity contribution < 1.29 is 14.6 Å². The molecule has 2 N–H and O–H groups in total. The monoisotopic (exact) mass is 346 g/mol. The highest BCUT2D eigenvalue weighted by atomic mass is 16.5. The van der Waals surface area contributed by atoms with Crippen molar-refractivity contribution in [2.24, 2.45) is 5.92 Å². The lowest BCUT2D eigenvalue weighted by atomic mass is 9.99. The molecule has 0 radical (unpaired) electrons. The average molecular weight is 346 g/mol. The third-order valence-corrected chi connectivity index (χ3v) is 4.74. The molecular weight excluding hydrogens is 316 g/mol. The molecule has 0 aliphatic carbocycles. The molecule has 0 aromatic heterocycles. The van der Waals surface area contributed by atoms with Gasteiger partial charge in [-0.25, -0.2) is 0 Å². The first-order valence-corrected chi connectivity index (χ1v) is 8.99. The molecule has 0 saturated carbocycles. The van der Waals surface area contributed by atoms with Crippen LogP contribution in [-0.2, 0) is 4.79 Å². The maximum atomic E-state index is 12.1. The van der Waals surface area contributed by atoms with Crippen LogP contribution in [0, 0.1) is 5.92 Å². The van der Waals surface area contributed by atoms with Crippen molar-refractivity contribution in [3.63, 3.8) is 0 Å².